The maximum Gasteiger partial charge on any atom is 0.0705 e. The molecule has 2 heteroatoms. The van der Waals surface area contributed by atoms with Crippen molar-refractivity contribution >= 4 is 10.9 Å². The van der Waals surface area contributed by atoms with E-state index in [2.05, 4.69) is 36.6 Å². The molecule has 0 aliphatic carbocycles. The Kier molecular flexibility index (Phi) is 3.30. The molecule has 1 N–H and O–H groups in total. The fourth-order valence-corrected chi connectivity index (χ4v) is 2.31. The first-order valence-electron chi connectivity index (χ1n) is 5.97. The number of aliphatic hydroxyl groups excluding tert-OH is 1. The van der Waals surface area contributed by atoms with Crippen LogP contribution in [-0.2, 0) is 13.2 Å². The quantitative estimate of drug-likeness (QED) is 0.835. The van der Waals surface area contributed by atoms with Crippen molar-refractivity contribution < 1.29 is 5.11 Å². The Morgan fingerprint density at radius 1 is 1.25 bits per heavy atom. The molecule has 16 heavy (non-hydrogen) atoms. The van der Waals surface area contributed by atoms with Crippen LogP contribution in [0.25, 0.3) is 10.9 Å². The number of hydrogen-bond donors (Lipinski definition) is 1. The van der Waals surface area contributed by atoms with Crippen molar-refractivity contribution in [1.29, 1.82) is 0 Å². The maximum absolute atomic E-state index is 9.44. The Labute approximate surface area is 96.5 Å². The molecule has 1 aromatic carbocycles. The number of hydrogen-bond acceptors (Lipinski definition) is 1. The molecule has 2 aromatic rings. The summed E-state index contributed by atoms with van der Waals surface area (Å²) < 4.78 is 2.32. The minimum absolute atomic E-state index is 0.130. The highest BCUT2D eigenvalue weighted by atomic mass is 16.3. The third-order valence-electron chi connectivity index (χ3n) is 3.25. The van der Waals surface area contributed by atoms with E-state index in [-0.39, 0.29) is 6.61 Å². The minimum Gasteiger partial charge on any atom is -0.392 e. The zero-order valence-electron chi connectivity index (χ0n) is 10.0. The van der Waals surface area contributed by atoms with E-state index in [4.69, 9.17) is 0 Å². The van der Waals surface area contributed by atoms with Crippen LogP contribution < -0.4 is 0 Å². The molecule has 0 amide bonds. The molecule has 2 rings (SSSR count). The van der Waals surface area contributed by atoms with Gasteiger partial charge in [-0.05, 0) is 19.4 Å². The van der Waals surface area contributed by atoms with Crippen molar-refractivity contribution in [2.45, 2.75) is 39.8 Å². The first-order valence-corrected chi connectivity index (χ1v) is 5.97. The minimum atomic E-state index is 0.130. The SMILES string of the molecule is CCCCn1c(C)c(CO)c2ccccc21. The van der Waals surface area contributed by atoms with Gasteiger partial charge in [-0.15, -0.1) is 0 Å². The van der Waals surface area contributed by atoms with Crippen LogP contribution in [0.4, 0.5) is 0 Å². The lowest BCUT2D eigenvalue weighted by atomic mass is 10.1. The van der Waals surface area contributed by atoms with E-state index in [1.165, 1.54) is 29.4 Å². The maximum atomic E-state index is 9.44. The van der Waals surface area contributed by atoms with E-state index in [0.29, 0.717) is 0 Å². The predicted molar refractivity (Wildman–Crippen MR) is 67.5 cm³/mol. The molecule has 0 saturated carbocycles. The third kappa shape index (κ3) is 1.74. The van der Waals surface area contributed by atoms with Gasteiger partial charge in [0.05, 0.1) is 6.61 Å². The first kappa shape index (κ1) is 11.2. The fraction of sp³-hybridized carbons (Fsp3) is 0.429. The number of rotatable bonds is 4. The summed E-state index contributed by atoms with van der Waals surface area (Å²) in [5.74, 6) is 0. The summed E-state index contributed by atoms with van der Waals surface area (Å²) in [7, 11) is 0. The number of aliphatic hydroxyl groups is 1. The number of unbranched alkanes of at least 4 members (excludes halogenated alkanes) is 1. The van der Waals surface area contributed by atoms with Crippen molar-refractivity contribution in [2.75, 3.05) is 0 Å². The van der Waals surface area contributed by atoms with Crippen LogP contribution in [0.3, 0.4) is 0 Å². The van der Waals surface area contributed by atoms with Gasteiger partial charge in [0, 0.05) is 28.7 Å². The van der Waals surface area contributed by atoms with Crippen LogP contribution in [0.15, 0.2) is 24.3 Å². The molecule has 1 heterocycles. The lowest BCUT2D eigenvalue weighted by Crippen LogP contribution is -2.00. The summed E-state index contributed by atoms with van der Waals surface area (Å²) in [6, 6.07) is 8.32. The van der Waals surface area contributed by atoms with Crippen LogP contribution >= 0.6 is 0 Å². The fourth-order valence-electron chi connectivity index (χ4n) is 2.31. The Morgan fingerprint density at radius 3 is 2.69 bits per heavy atom. The van der Waals surface area contributed by atoms with E-state index in [0.717, 1.165) is 12.1 Å². The molecule has 0 saturated heterocycles. The van der Waals surface area contributed by atoms with Gasteiger partial charge in [-0.3, -0.25) is 0 Å². The summed E-state index contributed by atoms with van der Waals surface area (Å²) in [4.78, 5) is 0. The average molecular weight is 217 g/mol. The normalized spacial score (nSPS) is 11.2. The molecule has 86 valence electrons. The number of aryl methyl sites for hydroxylation is 1. The highest BCUT2D eigenvalue weighted by Gasteiger charge is 2.11. The van der Waals surface area contributed by atoms with Crippen molar-refractivity contribution in [3.63, 3.8) is 0 Å². The molecule has 2 nitrogen and oxygen atoms in total. The van der Waals surface area contributed by atoms with Crippen LogP contribution in [-0.4, -0.2) is 9.67 Å². The number of para-hydroxylation sites is 1. The molecular weight excluding hydrogens is 198 g/mol. The van der Waals surface area contributed by atoms with Gasteiger partial charge in [-0.1, -0.05) is 31.5 Å². The standard InChI is InChI=1S/C14H19NO/c1-3-4-9-15-11(2)13(10-16)12-7-5-6-8-14(12)15/h5-8,16H,3-4,9-10H2,1-2H3. The van der Waals surface area contributed by atoms with Gasteiger partial charge in [0.15, 0.2) is 0 Å². The molecule has 0 fully saturated rings. The molecule has 0 spiro atoms. The Balaban J connectivity index is 2.58. The van der Waals surface area contributed by atoms with Crippen LogP contribution in [0.1, 0.15) is 31.0 Å². The Morgan fingerprint density at radius 2 is 2.00 bits per heavy atom. The monoisotopic (exact) mass is 217 g/mol. The summed E-state index contributed by atoms with van der Waals surface area (Å²) >= 11 is 0. The van der Waals surface area contributed by atoms with Gasteiger partial charge in [0.2, 0.25) is 0 Å². The molecular formula is C14H19NO. The van der Waals surface area contributed by atoms with Crippen LogP contribution in [0.2, 0.25) is 0 Å². The van der Waals surface area contributed by atoms with E-state index in [9.17, 15) is 5.11 Å². The second-order valence-corrected chi connectivity index (χ2v) is 4.24. The van der Waals surface area contributed by atoms with E-state index < -0.39 is 0 Å². The second kappa shape index (κ2) is 4.71. The summed E-state index contributed by atoms with van der Waals surface area (Å²) in [5.41, 5.74) is 3.53. The zero-order chi connectivity index (χ0) is 11.5. The molecule has 0 unspecified atom stereocenters. The Bertz CT molecular complexity index is 485. The average Bonchev–Trinajstić information content (AvgIpc) is 2.58. The molecule has 0 aliphatic heterocycles. The summed E-state index contributed by atoms with van der Waals surface area (Å²) in [6.45, 7) is 5.48. The number of benzene rings is 1. The van der Waals surface area contributed by atoms with Gasteiger partial charge in [-0.2, -0.15) is 0 Å². The number of aromatic nitrogens is 1. The smallest absolute Gasteiger partial charge is 0.0705 e. The number of nitrogens with zero attached hydrogens (tertiary/aromatic N) is 1. The Hall–Kier alpha value is -1.28. The molecule has 0 atom stereocenters. The van der Waals surface area contributed by atoms with Gasteiger partial charge in [-0.25, -0.2) is 0 Å². The molecule has 0 radical (unpaired) electrons. The lowest BCUT2D eigenvalue weighted by molar-refractivity contribution is 0.282. The molecule has 1 aromatic heterocycles. The number of fused-ring (bicyclic) bond motifs is 1. The first-order chi connectivity index (χ1) is 7.79. The predicted octanol–water partition coefficient (Wildman–Crippen LogP) is 3.24. The van der Waals surface area contributed by atoms with Crippen LogP contribution in [0.5, 0.6) is 0 Å². The third-order valence-corrected chi connectivity index (χ3v) is 3.25. The van der Waals surface area contributed by atoms with E-state index in [1.54, 1.807) is 0 Å². The lowest BCUT2D eigenvalue weighted by Gasteiger charge is -2.07. The summed E-state index contributed by atoms with van der Waals surface area (Å²) in [5, 5.41) is 10.6. The van der Waals surface area contributed by atoms with Crippen molar-refractivity contribution in [3.05, 3.63) is 35.5 Å². The molecule has 0 bridgehead atoms. The van der Waals surface area contributed by atoms with Gasteiger partial charge in [0.25, 0.3) is 0 Å². The highest BCUT2D eigenvalue weighted by Crippen LogP contribution is 2.26. The van der Waals surface area contributed by atoms with Crippen molar-refractivity contribution in [1.82, 2.24) is 4.57 Å². The topological polar surface area (TPSA) is 25.2 Å². The van der Waals surface area contributed by atoms with E-state index in [1.807, 2.05) is 6.07 Å². The van der Waals surface area contributed by atoms with Crippen LogP contribution in [0, 0.1) is 6.92 Å². The zero-order valence-corrected chi connectivity index (χ0v) is 10.0. The van der Waals surface area contributed by atoms with Crippen molar-refractivity contribution in [3.8, 4) is 0 Å². The largest absolute Gasteiger partial charge is 0.392 e. The van der Waals surface area contributed by atoms with E-state index >= 15 is 0 Å². The highest BCUT2D eigenvalue weighted by molar-refractivity contribution is 5.85. The van der Waals surface area contributed by atoms with Gasteiger partial charge >= 0.3 is 0 Å². The van der Waals surface area contributed by atoms with Crippen molar-refractivity contribution in [2.24, 2.45) is 0 Å². The molecule has 0 aliphatic rings. The second-order valence-electron chi connectivity index (χ2n) is 4.24. The summed E-state index contributed by atoms with van der Waals surface area (Å²) in [6.07, 6.45) is 2.38. The van der Waals surface area contributed by atoms with Gasteiger partial charge in [0.1, 0.15) is 0 Å². The van der Waals surface area contributed by atoms with Gasteiger partial charge < -0.3 is 9.67 Å².